The molecule has 0 saturated carbocycles. The van der Waals surface area contributed by atoms with E-state index >= 15 is 4.39 Å². The lowest BCUT2D eigenvalue weighted by atomic mass is 10.0. The van der Waals surface area contributed by atoms with Crippen LogP contribution < -0.4 is 10.6 Å². The van der Waals surface area contributed by atoms with Crippen LogP contribution in [0, 0.1) is 5.82 Å². The highest BCUT2D eigenvalue weighted by Crippen LogP contribution is 2.44. The van der Waals surface area contributed by atoms with E-state index in [4.69, 9.17) is 10.7 Å². The van der Waals surface area contributed by atoms with E-state index in [-0.39, 0.29) is 17.5 Å². The van der Waals surface area contributed by atoms with Crippen LogP contribution in [0.25, 0.3) is 21.2 Å². The molecule has 0 radical (unpaired) electrons. The zero-order valence-electron chi connectivity index (χ0n) is 19.6. The molecule has 3 aromatic rings. The highest BCUT2D eigenvalue weighted by Gasteiger charge is 2.40. The summed E-state index contributed by atoms with van der Waals surface area (Å²) >= 11 is 1.33. The van der Waals surface area contributed by atoms with Crippen molar-refractivity contribution < 1.29 is 8.60 Å². The van der Waals surface area contributed by atoms with E-state index < -0.39 is 15.2 Å². The number of pyridine rings is 1. The first-order valence-corrected chi connectivity index (χ1v) is 13.8. The molecular weight excluding hydrogens is 471 g/mol. The summed E-state index contributed by atoms with van der Waals surface area (Å²) in [4.78, 5) is 14.3. The fraction of sp³-hybridized carbons (Fsp3) is 0.375. The largest absolute Gasteiger partial charge is 0.369 e. The Morgan fingerprint density at radius 1 is 1.18 bits per heavy atom. The van der Waals surface area contributed by atoms with Crippen LogP contribution in [0.15, 0.2) is 41.5 Å². The Kier molecular flexibility index (Phi) is 5.57. The number of nitrogens with zero attached hydrogens (tertiary/aromatic N) is 5. The Morgan fingerprint density at radius 2 is 1.91 bits per heavy atom. The minimum absolute atomic E-state index is 0.0948. The van der Waals surface area contributed by atoms with Gasteiger partial charge in [0, 0.05) is 60.6 Å². The molecule has 0 aliphatic carbocycles. The third-order valence-electron chi connectivity index (χ3n) is 6.72. The number of hydrogen-bond donors (Lipinski definition) is 1. The van der Waals surface area contributed by atoms with Gasteiger partial charge in [-0.25, -0.2) is 18.6 Å². The molecule has 2 aliphatic rings. The fourth-order valence-corrected chi connectivity index (χ4v) is 7.67. The van der Waals surface area contributed by atoms with Crippen molar-refractivity contribution in [2.45, 2.75) is 12.5 Å². The van der Waals surface area contributed by atoms with Crippen LogP contribution in [0.1, 0.15) is 11.8 Å². The van der Waals surface area contributed by atoms with Crippen molar-refractivity contribution in [2.24, 2.45) is 10.7 Å². The summed E-state index contributed by atoms with van der Waals surface area (Å²) in [5, 5.41) is 0.519. The molecule has 1 fully saturated rings. The minimum Gasteiger partial charge on any atom is -0.369 e. The number of likely N-dealkylation sites (N-methyl/N-ethyl adjacent to an activating group) is 1. The highest BCUT2D eigenvalue weighted by atomic mass is 32.2. The van der Waals surface area contributed by atoms with Gasteiger partial charge < -0.3 is 15.5 Å². The van der Waals surface area contributed by atoms with Crippen molar-refractivity contribution in [3.63, 3.8) is 0 Å². The van der Waals surface area contributed by atoms with Gasteiger partial charge in [0.2, 0.25) is 5.96 Å². The predicted molar refractivity (Wildman–Crippen MR) is 142 cm³/mol. The quantitative estimate of drug-likeness (QED) is 0.560. The summed E-state index contributed by atoms with van der Waals surface area (Å²) < 4.78 is 31.0. The molecule has 1 aromatic carbocycles. The van der Waals surface area contributed by atoms with Crippen LogP contribution in [0.3, 0.4) is 0 Å². The Bertz CT molecular complexity index is 1380. The SMILES string of the molecule is C=S1(=O)C[C@@](C)(c2sc3c(-c4ccc(N5CCN(C)CC5)nc4)cccc3c2F)N=C(N)N1C. The Morgan fingerprint density at radius 3 is 2.56 bits per heavy atom. The smallest absolute Gasteiger partial charge is 0.203 e. The minimum atomic E-state index is -2.70. The Hall–Kier alpha value is -2.69. The van der Waals surface area contributed by atoms with Gasteiger partial charge in [-0.2, -0.15) is 0 Å². The number of nitrogens with two attached hydrogens (primary N) is 1. The van der Waals surface area contributed by atoms with Crippen LogP contribution in [-0.4, -0.2) is 76.3 Å². The summed E-state index contributed by atoms with van der Waals surface area (Å²) in [5.74, 6) is 4.65. The first kappa shape index (κ1) is 23.1. The fourth-order valence-electron chi connectivity index (χ4n) is 4.61. The molecule has 0 bridgehead atoms. The zero-order valence-corrected chi connectivity index (χ0v) is 21.3. The Labute approximate surface area is 203 Å². The van der Waals surface area contributed by atoms with Crippen LogP contribution >= 0.6 is 11.3 Å². The molecule has 0 spiro atoms. The van der Waals surface area contributed by atoms with Gasteiger partial charge in [-0.05, 0) is 32.0 Å². The second kappa shape index (κ2) is 8.21. The van der Waals surface area contributed by atoms with E-state index in [1.54, 1.807) is 20.0 Å². The summed E-state index contributed by atoms with van der Waals surface area (Å²) in [7, 11) is 1.03. The number of fused-ring (bicyclic) bond motifs is 1. The molecule has 2 aromatic heterocycles. The molecule has 2 N–H and O–H groups in total. The summed E-state index contributed by atoms with van der Waals surface area (Å²) in [5.41, 5.74) is 6.82. The van der Waals surface area contributed by atoms with Crippen LogP contribution in [0.5, 0.6) is 0 Å². The van der Waals surface area contributed by atoms with Crippen molar-refractivity contribution in [2.75, 3.05) is 50.9 Å². The lowest BCUT2D eigenvalue weighted by molar-refractivity contribution is 0.312. The summed E-state index contributed by atoms with van der Waals surface area (Å²) in [6.07, 6.45) is 1.86. The number of guanidine groups is 1. The number of aromatic nitrogens is 1. The third-order valence-corrected chi connectivity index (χ3v) is 10.4. The topological polar surface area (TPSA) is 78.1 Å². The van der Waals surface area contributed by atoms with Crippen molar-refractivity contribution in [1.29, 1.82) is 0 Å². The maximum absolute atomic E-state index is 15.7. The lowest BCUT2D eigenvalue weighted by Gasteiger charge is -2.36. The standard InChI is InChI=1S/C24H29FN6OS2/c1-24(15-34(4,32)30(3)23(26)28-24)22-20(25)18-7-5-6-17(21(18)33-22)16-8-9-19(27-14-16)31-12-10-29(2)11-13-31/h5-9,14H,4,10-13,15H2,1-3H3,(H2,26,28)/t24-,34?/m0/s1. The van der Waals surface area contributed by atoms with Gasteiger partial charge in [-0.15, -0.1) is 11.3 Å². The lowest BCUT2D eigenvalue weighted by Crippen LogP contribution is -2.50. The maximum Gasteiger partial charge on any atom is 0.203 e. The van der Waals surface area contributed by atoms with Gasteiger partial charge >= 0.3 is 0 Å². The van der Waals surface area contributed by atoms with Gasteiger partial charge in [-0.1, -0.05) is 18.2 Å². The van der Waals surface area contributed by atoms with E-state index in [2.05, 4.69) is 27.7 Å². The molecule has 0 amide bonds. The highest BCUT2D eigenvalue weighted by molar-refractivity contribution is 7.98. The second-order valence-corrected chi connectivity index (χ2v) is 12.7. The van der Waals surface area contributed by atoms with Crippen molar-refractivity contribution in [3.8, 4) is 11.1 Å². The monoisotopic (exact) mass is 500 g/mol. The van der Waals surface area contributed by atoms with E-state index in [0.717, 1.165) is 47.8 Å². The number of aliphatic imine (C=N–C) groups is 1. The summed E-state index contributed by atoms with van der Waals surface area (Å²) in [6.45, 7) is 5.70. The van der Waals surface area contributed by atoms with E-state index in [0.29, 0.717) is 10.3 Å². The molecule has 34 heavy (non-hydrogen) atoms. The number of rotatable bonds is 3. The molecule has 4 heterocycles. The van der Waals surface area contributed by atoms with E-state index in [1.165, 1.54) is 15.6 Å². The average molecular weight is 501 g/mol. The second-order valence-electron chi connectivity index (χ2n) is 9.28. The van der Waals surface area contributed by atoms with Crippen LogP contribution in [0.2, 0.25) is 0 Å². The molecule has 2 aliphatic heterocycles. The van der Waals surface area contributed by atoms with Gasteiger partial charge in [0.05, 0.1) is 20.3 Å². The number of anilines is 1. The molecule has 7 nitrogen and oxygen atoms in total. The first-order chi connectivity index (χ1) is 16.1. The molecule has 5 rings (SSSR count). The van der Waals surface area contributed by atoms with Crippen LogP contribution in [-0.2, 0) is 15.2 Å². The maximum atomic E-state index is 15.7. The molecule has 1 unspecified atom stereocenters. The number of piperazine rings is 1. The van der Waals surface area contributed by atoms with E-state index in [9.17, 15) is 4.21 Å². The number of thiophene rings is 1. The normalized spacial score (nSPS) is 26.2. The third kappa shape index (κ3) is 3.83. The molecule has 10 heteroatoms. The summed E-state index contributed by atoms with van der Waals surface area (Å²) in [6, 6.07) is 9.68. The van der Waals surface area contributed by atoms with Gasteiger partial charge in [-0.3, -0.25) is 4.31 Å². The molecular formula is C24H29FN6OS2. The average Bonchev–Trinajstić information content (AvgIpc) is 3.15. The molecule has 2 atom stereocenters. The number of benzene rings is 1. The first-order valence-electron chi connectivity index (χ1n) is 11.1. The molecule has 1 saturated heterocycles. The van der Waals surface area contributed by atoms with Crippen molar-refractivity contribution >= 4 is 48.8 Å². The number of hydrogen-bond acceptors (Lipinski definition) is 7. The van der Waals surface area contributed by atoms with Gasteiger partial charge in [0.15, 0.2) is 0 Å². The molecule has 180 valence electrons. The van der Waals surface area contributed by atoms with Gasteiger partial charge in [0.1, 0.15) is 17.2 Å². The Balaban J connectivity index is 1.55. The van der Waals surface area contributed by atoms with Crippen molar-refractivity contribution in [3.05, 3.63) is 47.2 Å². The van der Waals surface area contributed by atoms with Crippen molar-refractivity contribution in [1.82, 2.24) is 14.2 Å². The predicted octanol–water partition coefficient (Wildman–Crippen LogP) is 2.96. The van der Waals surface area contributed by atoms with Crippen LogP contribution in [0.4, 0.5) is 10.2 Å². The van der Waals surface area contributed by atoms with Gasteiger partial charge in [0.25, 0.3) is 0 Å². The number of halogens is 1. The zero-order chi connectivity index (χ0) is 24.3. The van der Waals surface area contributed by atoms with E-state index in [1.807, 2.05) is 30.5 Å².